The molecule has 2 rings (SSSR count). The molecule has 0 radical (unpaired) electrons. The Hall–Kier alpha value is -3.35. The Morgan fingerprint density at radius 3 is 2.60 bits per heavy atom. The van der Waals surface area contributed by atoms with Crippen molar-refractivity contribution in [1.82, 2.24) is 5.43 Å². The SMILES string of the molecule is CCOc1cccc(/C=N\NC(=O)C(=O)Nc2cccc(OC)c2)c1. The zero-order valence-corrected chi connectivity index (χ0v) is 14.0. The van der Waals surface area contributed by atoms with Gasteiger partial charge >= 0.3 is 11.8 Å². The van der Waals surface area contributed by atoms with E-state index in [4.69, 9.17) is 9.47 Å². The molecule has 0 saturated carbocycles. The number of hydrazone groups is 1. The monoisotopic (exact) mass is 341 g/mol. The van der Waals surface area contributed by atoms with Crippen molar-refractivity contribution in [3.05, 3.63) is 54.1 Å². The number of benzene rings is 2. The molecule has 2 amide bonds. The van der Waals surface area contributed by atoms with Crippen LogP contribution in [0.15, 0.2) is 53.6 Å². The van der Waals surface area contributed by atoms with Crippen LogP contribution < -0.4 is 20.2 Å². The second kappa shape index (κ2) is 9.07. The number of hydrogen-bond acceptors (Lipinski definition) is 5. The highest BCUT2D eigenvalue weighted by atomic mass is 16.5. The molecule has 130 valence electrons. The van der Waals surface area contributed by atoms with Gasteiger partial charge < -0.3 is 14.8 Å². The van der Waals surface area contributed by atoms with Crippen LogP contribution in [0.1, 0.15) is 12.5 Å². The number of nitrogens with one attached hydrogen (secondary N) is 2. The zero-order chi connectivity index (χ0) is 18.1. The van der Waals surface area contributed by atoms with E-state index >= 15 is 0 Å². The fraction of sp³-hybridized carbons (Fsp3) is 0.167. The van der Waals surface area contributed by atoms with Crippen LogP contribution in [0, 0.1) is 0 Å². The summed E-state index contributed by atoms with van der Waals surface area (Å²) in [5.41, 5.74) is 3.36. The highest BCUT2D eigenvalue weighted by Gasteiger charge is 2.13. The maximum absolute atomic E-state index is 11.8. The summed E-state index contributed by atoms with van der Waals surface area (Å²) in [7, 11) is 1.52. The van der Waals surface area contributed by atoms with Gasteiger partial charge in [0, 0.05) is 11.8 Å². The Morgan fingerprint density at radius 1 is 1.08 bits per heavy atom. The molecule has 7 nitrogen and oxygen atoms in total. The van der Waals surface area contributed by atoms with Gasteiger partial charge in [-0.3, -0.25) is 9.59 Å². The van der Waals surface area contributed by atoms with E-state index in [-0.39, 0.29) is 0 Å². The molecule has 0 atom stereocenters. The molecule has 0 spiro atoms. The Bertz CT molecular complexity index is 774. The van der Waals surface area contributed by atoms with Crippen LogP contribution in [0.5, 0.6) is 11.5 Å². The number of methoxy groups -OCH3 is 1. The lowest BCUT2D eigenvalue weighted by atomic mass is 10.2. The van der Waals surface area contributed by atoms with Crippen molar-refractivity contribution < 1.29 is 19.1 Å². The molecule has 0 aliphatic carbocycles. The summed E-state index contributed by atoms with van der Waals surface area (Å²) in [6, 6.07) is 13.9. The van der Waals surface area contributed by atoms with Gasteiger partial charge in [-0.15, -0.1) is 0 Å². The lowest BCUT2D eigenvalue weighted by Crippen LogP contribution is -2.32. The van der Waals surface area contributed by atoms with Gasteiger partial charge in [0.2, 0.25) is 0 Å². The average Bonchev–Trinajstić information content (AvgIpc) is 2.62. The van der Waals surface area contributed by atoms with Gasteiger partial charge in [0.05, 0.1) is 19.9 Å². The first-order valence-corrected chi connectivity index (χ1v) is 7.63. The second-order valence-corrected chi connectivity index (χ2v) is 4.89. The van der Waals surface area contributed by atoms with Crippen molar-refractivity contribution in [2.45, 2.75) is 6.92 Å². The number of carbonyl (C=O) groups excluding carboxylic acids is 2. The first-order valence-electron chi connectivity index (χ1n) is 7.63. The molecule has 0 saturated heterocycles. The number of rotatable bonds is 6. The normalized spacial score (nSPS) is 10.3. The number of hydrogen-bond donors (Lipinski definition) is 2. The minimum Gasteiger partial charge on any atom is -0.497 e. The van der Waals surface area contributed by atoms with Crippen LogP contribution >= 0.6 is 0 Å². The van der Waals surface area contributed by atoms with E-state index in [2.05, 4.69) is 15.8 Å². The summed E-state index contributed by atoms with van der Waals surface area (Å²) >= 11 is 0. The highest BCUT2D eigenvalue weighted by molar-refractivity contribution is 6.39. The van der Waals surface area contributed by atoms with Gasteiger partial charge in [0.1, 0.15) is 11.5 Å². The quantitative estimate of drug-likeness (QED) is 0.479. The number of amides is 2. The standard InChI is InChI=1S/C18H19N3O4/c1-3-25-16-9-4-6-13(10-16)12-19-21-18(23)17(22)20-14-7-5-8-15(11-14)24-2/h4-12H,3H2,1-2H3,(H,20,22)(H,21,23)/b19-12-. The van der Waals surface area contributed by atoms with Crippen molar-refractivity contribution in [3.63, 3.8) is 0 Å². The van der Waals surface area contributed by atoms with Gasteiger partial charge in [-0.1, -0.05) is 18.2 Å². The predicted octanol–water partition coefficient (Wildman–Crippen LogP) is 2.18. The summed E-state index contributed by atoms with van der Waals surface area (Å²) in [6.07, 6.45) is 1.43. The van der Waals surface area contributed by atoms with E-state index in [0.29, 0.717) is 23.8 Å². The third kappa shape index (κ3) is 5.65. The van der Waals surface area contributed by atoms with E-state index in [1.165, 1.54) is 13.3 Å². The second-order valence-electron chi connectivity index (χ2n) is 4.89. The molecule has 0 bridgehead atoms. The summed E-state index contributed by atoms with van der Waals surface area (Å²) in [5, 5.41) is 6.24. The molecule has 0 fully saturated rings. The smallest absolute Gasteiger partial charge is 0.329 e. The Morgan fingerprint density at radius 2 is 1.84 bits per heavy atom. The van der Waals surface area contributed by atoms with Gasteiger partial charge in [-0.25, -0.2) is 5.43 Å². The lowest BCUT2D eigenvalue weighted by Gasteiger charge is -2.06. The Balaban J connectivity index is 1.90. The van der Waals surface area contributed by atoms with E-state index in [1.54, 1.807) is 36.4 Å². The van der Waals surface area contributed by atoms with E-state index in [9.17, 15) is 9.59 Å². The molecule has 0 aromatic heterocycles. The van der Waals surface area contributed by atoms with Crippen molar-refractivity contribution in [3.8, 4) is 11.5 Å². The lowest BCUT2D eigenvalue weighted by molar-refractivity contribution is -0.136. The van der Waals surface area contributed by atoms with Gasteiger partial charge in [-0.2, -0.15) is 5.10 Å². The van der Waals surface area contributed by atoms with Crippen LogP contribution in [0.2, 0.25) is 0 Å². The predicted molar refractivity (Wildman–Crippen MR) is 95.0 cm³/mol. The molecule has 0 unspecified atom stereocenters. The van der Waals surface area contributed by atoms with Gasteiger partial charge in [0.25, 0.3) is 0 Å². The van der Waals surface area contributed by atoms with Crippen molar-refractivity contribution in [2.75, 3.05) is 19.0 Å². The molecule has 2 N–H and O–H groups in total. The highest BCUT2D eigenvalue weighted by Crippen LogP contribution is 2.16. The molecule has 25 heavy (non-hydrogen) atoms. The average molecular weight is 341 g/mol. The fourth-order valence-electron chi connectivity index (χ4n) is 1.96. The van der Waals surface area contributed by atoms with Crippen molar-refractivity contribution in [2.24, 2.45) is 5.10 Å². The van der Waals surface area contributed by atoms with Crippen molar-refractivity contribution in [1.29, 1.82) is 0 Å². The molecule has 0 aliphatic rings. The van der Waals surface area contributed by atoms with E-state index in [0.717, 1.165) is 5.56 Å². The third-order valence-corrected chi connectivity index (χ3v) is 3.08. The number of carbonyl (C=O) groups is 2. The first kappa shape index (κ1) is 18.0. The largest absolute Gasteiger partial charge is 0.497 e. The molecule has 0 aliphatic heterocycles. The van der Waals surface area contributed by atoms with Crippen LogP contribution in [-0.2, 0) is 9.59 Å². The molecule has 2 aromatic rings. The molecule has 7 heteroatoms. The van der Waals surface area contributed by atoms with E-state index < -0.39 is 11.8 Å². The Labute approximate surface area is 145 Å². The van der Waals surface area contributed by atoms with Crippen LogP contribution in [0.3, 0.4) is 0 Å². The molecule has 0 heterocycles. The van der Waals surface area contributed by atoms with E-state index in [1.807, 2.05) is 19.1 Å². The maximum atomic E-state index is 11.8. The van der Waals surface area contributed by atoms with Crippen molar-refractivity contribution >= 4 is 23.7 Å². The fourth-order valence-corrected chi connectivity index (χ4v) is 1.96. The summed E-state index contributed by atoms with van der Waals surface area (Å²) in [6.45, 7) is 2.45. The molecular weight excluding hydrogens is 322 g/mol. The first-order chi connectivity index (χ1) is 12.1. The third-order valence-electron chi connectivity index (χ3n) is 3.08. The van der Waals surface area contributed by atoms with Crippen LogP contribution in [0.25, 0.3) is 0 Å². The summed E-state index contributed by atoms with van der Waals surface area (Å²) in [5.74, 6) is -0.424. The van der Waals surface area contributed by atoms with Gasteiger partial charge in [-0.05, 0) is 36.8 Å². The topological polar surface area (TPSA) is 89.0 Å². The molecular formula is C18H19N3O4. The minimum absolute atomic E-state index is 0.452. The zero-order valence-electron chi connectivity index (χ0n) is 14.0. The minimum atomic E-state index is -0.875. The Kier molecular flexibility index (Phi) is 6.53. The summed E-state index contributed by atoms with van der Waals surface area (Å²) in [4.78, 5) is 23.6. The molecule has 2 aromatic carbocycles. The van der Waals surface area contributed by atoms with Crippen LogP contribution in [-0.4, -0.2) is 31.7 Å². The number of ether oxygens (including phenoxy) is 2. The van der Waals surface area contributed by atoms with Gasteiger partial charge in [0.15, 0.2) is 0 Å². The number of nitrogens with zero attached hydrogens (tertiary/aromatic N) is 1. The maximum Gasteiger partial charge on any atom is 0.329 e. The number of anilines is 1. The summed E-state index contributed by atoms with van der Waals surface area (Å²) < 4.78 is 10.4. The van der Waals surface area contributed by atoms with Crippen LogP contribution in [0.4, 0.5) is 5.69 Å².